The van der Waals surface area contributed by atoms with Gasteiger partial charge in [-0.25, -0.2) is 9.37 Å². The molecule has 10 heteroatoms. The number of H-pyrrole nitrogens is 1. The number of imidazole rings is 1. The highest BCUT2D eigenvalue weighted by molar-refractivity contribution is 7.71. The van der Waals surface area contributed by atoms with Crippen LogP contribution in [0.3, 0.4) is 0 Å². The van der Waals surface area contributed by atoms with E-state index in [0.717, 1.165) is 21.7 Å². The first kappa shape index (κ1) is 19.5. The van der Waals surface area contributed by atoms with Crippen molar-refractivity contribution < 1.29 is 9.18 Å². The summed E-state index contributed by atoms with van der Waals surface area (Å²) in [6, 6.07) is 7.84. The van der Waals surface area contributed by atoms with E-state index in [4.69, 9.17) is 12.2 Å². The first-order chi connectivity index (χ1) is 14.0. The lowest BCUT2D eigenvalue weighted by atomic mass is 10.3. The van der Waals surface area contributed by atoms with Gasteiger partial charge >= 0.3 is 0 Å². The second-order valence-electron chi connectivity index (χ2n) is 6.64. The first-order valence-corrected chi connectivity index (χ1v) is 10.3. The molecule has 2 N–H and O–H groups in total. The van der Waals surface area contributed by atoms with Crippen molar-refractivity contribution in [2.45, 2.75) is 19.4 Å². The summed E-state index contributed by atoms with van der Waals surface area (Å²) in [5, 5.41) is 11.9. The number of carbonyl (C=O) groups excluding carboxylic acids is 1. The predicted octanol–water partition coefficient (Wildman–Crippen LogP) is 3.61. The molecule has 3 aromatic heterocycles. The second kappa shape index (κ2) is 7.88. The lowest BCUT2D eigenvalue weighted by Gasteiger charge is -2.15. The zero-order chi connectivity index (χ0) is 20.5. The molecule has 1 atom stereocenters. The van der Waals surface area contributed by atoms with Gasteiger partial charge in [0.2, 0.25) is 5.91 Å². The largest absolute Gasteiger partial charge is 0.354 e. The summed E-state index contributed by atoms with van der Waals surface area (Å²) in [7, 11) is 1.84. The number of rotatable bonds is 6. The van der Waals surface area contributed by atoms with Crippen LogP contribution in [0.2, 0.25) is 0 Å². The molecule has 0 saturated heterocycles. The minimum Gasteiger partial charge on any atom is -0.354 e. The Labute approximate surface area is 175 Å². The quantitative estimate of drug-likeness (QED) is 0.458. The molecule has 0 radical (unpaired) electrons. The second-order valence-corrected chi connectivity index (χ2v) is 7.97. The fraction of sp³-hybridized carbons (Fsp3) is 0.263. The molecule has 0 saturated carbocycles. The van der Waals surface area contributed by atoms with Crippen molar-refractivity contribution in [1.82, 2.24) is 29.6 Å². The van der Waals surface area contributed by atoms with Gasteiger partial charge in [-0.05, 0) is 48.8 Å². The fourth-order valence-corrected chi connectivity index (χ4v) is 4.24. The van der Waals surface area contributed by atoms with Crippen molar-refractivity contribution >= 4 is 40.5 Å². The van der Waals surface area contributed by atoms with Crippen LogP contribution in [-0.4, -0.2) is 36.8 Å². The summed E-state index contributed by atoms with van der Waals surface area (Å²) >= 11 is 6.85. The third-order valence-corrected chi connectivity index (χ3v) is 5.95. The highest BCUT2D eigenvalue weighted by Crippen LogP contribution is 2.25. The van der Waals surface area contributed by atoms with Gasteiger partial charge in [-0.15, -0.1) is 11.3 Å². The van der Waals surface area contributed by atoms with Gasteiger partial charge < -0.3 is 9.88 Å². The number of hydrogen-bond donors (Lipinski definition) is 2. The molecular formula is C19H19FN6OS2. The summed E-state index contributed by atoms with van der Waals surface area (Å²) in [6.45, 7) is 2.19. The van der Waals surface area contributed by atoms with Crippen molar-refractivity contribution in [2.24, 2.45) is 7.05 Å². The molecule has 7 nitrogen and oxygen atoms in total. The van der Waals surface area contributed by atoms with Gasteiger partial charge in [-0.3, -0.25) is 14.5 Å². The van der Waals surface area contributed by atoms with E-state index in [0.29, 0.717) is 23.6 Å². The lowest BCUT2D eigenvalue weighted by Crippen LogP contribution is -2.33. The maximum atomic E-state index is 13.5. The smallest absolute Gasteiger partial charge is 0.242 e. The van der Waals surface area contributed by atoms with E-state index in [-0.39, 0.29) is 11.7 Å². The average Bonchev–Trinajstić information content (AvgIpc) is 3.42. The molecule has 3 heterocycles. The van der Waals surface area contributed by atoms with Crippen LogP contribution in [0.15, 0.2) is 35.7 Å². The lowest BCUT2D eigenvalue weighted by molar-refractivity contribution is -0.123. The highest BCUT2D eigenvalue weighted by atomic mass is 32.1. The standard InChI is InChI=1S/C19H19FN6OS2/c1-11(26-17(23-24-19(26)28)15-4-3-9-29-15)18(27)21-8-7-16-22-13-6-5-12(20)10-14(13)25(16)2/h3-6,9-11H,7-8H2,1-2H3,(H,21,27)(H,24,28). The number of carbonyl (C=O) groups is 1. The van der Waals surface area contributed by atoms with E-state index in [2.05, 4.69) is 20.5 Å². The van der Waals surface area contributed by atoms with E-state index in [9.17, 15) is 9.18 Å². The molecule has 29 heavy (non-hydrogen) atoms. The van der Waals surface area contributed by atoms with E-state index in [1.165, 1.54) is 23.5 Å². The maximum Gasteiger partial charge on any atom is 0.242 e. The first-order valence-electron chi connectivity index (χ1n) is 9.05. The normalized spacial score (nSPS) is 12.4. The van der Waals surface area contributed by atoms with Crippen molar-refractivity contribution in [1.29, 1.82) is 0 Å². The summed E-state index contributed by atoms with van der Waals surface area (Å²) < 4.78 is 17.4. The monoisotopic (exact) mass is 430 g/mol. The van der Waals surface area contributed by atoms with Crippen molar-refractivity contribution in [3.63, 3.8) is 0 Å². The number of amides is 1. The molecule has 1 aromatic carbocycles. The Kier molecular flexibility index (Phi) is 5.29. The molecule has 0 aliphatic carbocycles. The van der Waals surface area contributed by atoms with Crippen LogP contribution < -0.4 is 5.32 Å². The molecule has 150 valence electrons. The molecular weight excluding hydrogens is 411 g/mol. The predicted molar refractivity (Wildman–Crippen MR) is 113 cm³/mol. The fourth-order valence-electron chi connectivity index (χ4n) is 3.24. The Morgan fingerprint density at radius 3 is 3.00 bits per heavy atom. The Bertz CT molecular complexity index is 1220. The van der Waals surface area contributed by atoms with Gasteiger partial charge in [-0.1, -0.05) is 6.07 Å². The number of aryl methyl sites for hydroxylation is 1. The topological polar surface area (TPSA) is 80.5 Å². The van der Waals surface area contributed by atoms with Crippen LogP contribution in [0.5, 0.6) is 0 Å². The van der Waals surface area contributed by atoms with Crippen molar-refractivity contribution in [3.8, 4) is 10.7 Å². The summed E-state index contributed by atoms with van der Waals surface area (Å²) in [5.41, 5.74) is 1.46. The maximum absolute atomic E-state index is 13.5. The highest BCUT2D eigenvalue weighted by Gasteiger charge is 2.21. The number of nitrogens with one attached hydrogen (secondary N) is 2. The summed E-state index contributed by atoms with van der Waals surface area (Å²) in [4.78, 5) is 18.2. The van der Waals surface area contributed by atoms with Gasteiger partial charge in [0, 0.05) is 20.0 Å². The molecule has 0 fully saturated rings. The van der Waals surface area contributed by atoms with Crippen LogP contribution in [0.25, 0.3) is 21.7 Å². The number of halogens is 1. The molecule has 0 aliphatic rings. The van der Waals surface area contributed by atoms with E-state index in [1.54, 1.807) is 17.6 Å². The van der Waals surface area contributed by atoms with Gasteiger partial charge in [0.15, 0.2) is 10.6 Å². The van der Waals surface area contributed by atoms with Gasteiger partial charge in [0.05, 0.1) is 15.9 Å². The van der Waals surface area contributed by atoms with Crippen molar-refractivity contribution in [2.75, 3.05) is 6.54 Å². The number of nitrogens with zero attached hydrogens (tertiary/aromatic N) is 4. The molecule has 1 unspecified atom stereocenters. The molecule has 0 bridgehead atoms. The zero-order valence-electron chi connectivity index (χ0n) is 15.8. The number of fused-ring (bicyclic) bond motifs is 1. The molecule has 1 amide bonds. The van der Waals surface area contributed by atoms with Gasteiger partial charge in [-0.2, -0.15) is 5.10 Å². The molecule has 4 rings (SSSR count). The molecule has 4 aromatic rings. The molecule has 0 aliphatic heterocycles. The number of benzene rings is 1. The number of thiophene rings is 1. The van der Waals surface area contributed by atoms with E-state index in [1.807, 2.05) is 29.1 Å². The van der Waals surface area contributed by atoms with Crippen LogP contribution >= 0.6 is 23.6 Å². The van der Waals surface area contributed by atoms with Crippen LogP contribution in [0.4, 0.5) is 4.39 Å². The number of aromatic nitrogens is 5. The van der Waals surface area contributed by atoms with Crippen LogP contribution in [-0.2, 0) is 18.3 Å². The third kappa shape index (κ3) is 3.73. The van der Waals surface area contributed by atoms with Crippen LogP contribution in [0.1, 0.15) is 18.8 Å². The summed E-state index contributed by atoms with van der Waals surface area (Å²) in [6.07, 6.45) is 0.528. The summed E-state index contributed by atoms with van der Waals surface area (Å²) in [5.74, 6) is 0.959. The Balaban J connectivity index is 1.45. The Morgan fingerprint density at radius 2 is 2.24 bits per heavy atom. The van der Waals surface area contributed by atoms with E-state index < -0.39 is 6.04 Å². The third-order valence-electron chi connectivity index (χ3n) is 4.80. The average molecular weight is 431 g/mol. The van der Waals surface area contributed by atoms with E-state index >= 15 is 0 Å². The van der Waals surface area contributed by atoms with Gasteiger partial charge in [0.1, 0.15) is 17.7 Å². The number of aromatic amines is 1. The van der Waals surface area contributed by atoms with Crippen molar-refractivity contribution in [3.05, 3.63) is 52.1 Å². The number of hydrogen-bond acceptors (Lipinski definition) is 5. The Morgan fingerprint density at radius 1 is 1.41 bits per heavy atom. The van der Waals surface area contributed by atoms with Crippen LogP contribution in [0, 0.1) is 10.6 Å². The Hall–Kier alpha value is -2.85. The SMILES string of the molecule is CC(C(=O)NCCc1nc2ccc(F)cc2n1C)n1c(-c2cccs2)n[nH]c1=S. The van der Waals surface area contributed by atoms with Gasteiger partial charge in [0.25, 0.3) is 0 Å². The minimum absolute atomic E-state index is 0.162. The zero-order valence-corrected chi connectivity index (χ0v) is 17.5. The molecule has 0 spiro atoms. The minimum atomic E-state index is -0.520.